The van der Waals surface area contributed by atoms with Crippen molar-refractivity contribution in [2.75, 3.05) is 0 Å². The number of alkyl halides is 1. The molecule has 0 aromatic heterocycles. The Hall–Kier alpha value is -0.630. The van der Waals surface area contributed by atoms with Crippen LogP contribution in [0.5, 0.6) is 0 Å². The number of aliphatic hydroxyl groups excluding tert-OH is 1. The number of halogens is 1. The second-order valence-corrected chi connectivity index (χ2v) is 3.77. The van der Waals surface area contributed by atoms with E-state index in [9.17, 15) is 9.50 Å². The van der Waals surface area contributed by atoms with Gasteiger partial charge < -0.3 is 5.11 Å². The Morgan fingerprint density at radius 2 is 1.64 bits per heavy atom. The van der Waals surface area contributed by atoms with E-state index in [2.05, 4.69) is 12.2 Å². The molecule has 2 atom stereocenters. The Morgan fingerprint density at radius 1 is 1.00 bits per heavy atom. The molecule has 0 fully saturated rings. The Labute approximate surface area is 85.3 Å². The molecule has 1 aliphatic rings. The van der Waals surface area contributed by atoms with Gasteiger partial charge in [-0.15, -0.1) is 0 Å². The smallest absolute Gasteiger partial charge is 0.126 e. The molecule has 0 radical (unpaired) electrons. The zero-order valence-corrected chi connectivity index (χ0v) is 8.53. The Morgan fingerprint density at radius 3 is 2.43 bits per heavy atom. The first-order chi connectivity index (χ1) is 6.80. The fraction of sp³-hybridized carbons (Fsp3) is 0.667. The van der Waals surface area contributed by atoms with E-state index in [0.29, 0.717) is 12.8 Å². The minimum Gasteiger partial charge on any atom is -0.390 e. The monoisotopic (exact) mass is 198 g/mol. The number of aliphatic hydroxyl groups is 1. The Balaban J connectivity index is 2.41. The van der Waals surface area contributed by atoms with Crippen molar-refractivity contribution in [2.24, 2.45) is 0 Å². The molecule has 1 N–H and O–H groups in total. The van der Waals surface area contributed by atoms with Gasteiger partial charge in [0.25, 0.3) is 0 Å². The SMILES string of the molecule is OC1C/C=C/CC/C=C/CCCC1F. The highest BCUT2D eigenvalue weighted by Gasteiger charge is 2.15. The van der Waals surface area contributed by atoms with Crippen LogP contribution < -0.4 is 0 Å². The highest BCUT2D eigenvalue weighted by molar-refractivity contribution is 4.91. The van der Waals surface area contributed by atoms with Crippen molar-refractivity contribution in [3.8, 4) is 0 Å². The molecule has 0 aromatic carbocycles. The molecule has 2 unspecified atom stereocenters. The van der Waals surface area contributed by atoms with E-state index in [-0.39, 0.29) is 0 Å². The molecule has 0 aliphatic heterocycles. The molecule has 1 aliphatic carbocycles. The molecule has 0 saturated carbocycles. The molecule has 0 aromatic rings. The molecule has 0 heterocycles. The van der Waals surface area contributed by atoms with Gasteiger partial charge in [-0.25, -0.2) is 4.39 Å². The van der Waals surface area contributed by atoms with E-state index < -0.39 is 12.3 Å². The van der Waals surface area contributed by atoms with Crippen LogP contribution in [-0.2, 0) is 0 Å². The second kappa shape index (κ2) is 6.77. The molecule has 14 heavy (non-hydrogen) atoms. The van der Waals surface area contributed by atoms with Crippen LogP contribution in [0.1, 0.15) is 38.5 Å². The van der Waals surface area contributed by atoms with Crippen molar-refractivity contribution in [1.29, 1.82) is 0 Å². The van der Waals surface area contributed by atoms with Crippen LogP contribution in [0, 0.1) is 0 Å². The summed E-state index contributed by atoms with van der Waals surface area (Å²) in [4.78, 5) is 0. The number of hydrogen-bond donors (Lipinski definition) is 1. The Bertz CT molecular complexity index is 198. The van der Waals surface area contributed by atoms with E-state index in [1.54, 1.807) is 0 Å². The van der Waals surface area contributed by atoms with Crippen molar-refractivity contribution < 1.29 is 9.50 Å². The summed E-state index contributed by atoms with van der Waals surface area (Å²) >= 11 is 0. The molecule has 0 bridgehead atoms. The van der Waals surface area contributed by atoms with Gasteiger partial charge in [-0.3, -0.25) is 0 Å². The predicted octanol–water partition coefficient (Wildman–Crippen LogP) is 3.15. The predicted molar refractivity (Wildman–Crippen MR) is 56.9 cm³/mol. The fourth-order valence-electron chi connectivity index (χ4n) is 1.55. The largest absolute Gasteiger partial charge is 0.390 e. The van der Waals surface area contributed by atoms with Crippen LogP contribution in [0.2, 0.25) is 0 Å². The maximum absolute atomic E-state index is 13.3. The molecule has 2 heteroatoms. The summed E-state index contributed by atoms with van der Waals surface area (Å²) in [6.07, 6.45) is 11.0. The van der Waals surface area contributed by atoms with Crippen molar-refractivity contribution in [3.63, 3.8) is 0 Å². The van der Waals surface area contributed by atoms with E-state index in [4.69, 9.17) is 0 Å². The summed E-state index contributed by atoms with van der Waals surface area (Å²) < 4.78 is 13.3. The molecule has 1 rings (SSSR count). The summed E-state index contributed by atoms with van der Waals surface area (Å²) in [5.74, 6) is 0. The number of rotatable bonds is 0. The van der Waals surface area contributed by atoms with Crippen LogP contribution in [-0.4, -0.2) is 17.4 Å². The van der Waals surface area contributed by atoms with Gasteiger partial charge in [-0.2, -0.15) is 0 Å². The summed E-state index contributed by atoms with van der Waals surface area (Å²) in [5.41, 5.74) is 0. The van der Waals surface area contributed by atoms with Gasteiger partial charge in [0.05, 0.1) is 6.10 Å². The van der Waals surface area contributed by atoms with Crippen LogP contribution >= 0.6 is 0 Å². The molecule has 0 amide bonds. The van der Waals surface area contributed by atoms with Crippen LogP contribution in [0.15, 0.2) is 24.3 Å². The minimum atomic E-state index is -1.06. The van der Waals surface area contributed by atoms with Gasteiger partial charge in [0.15, 0.2) is 0 Å². The molecular weight excluding hydrogens is 179 g/mol. The summed E-state index contributed by atoms with van der Waals surface area (Å²) in [6.45, 7) is 0. The zero-order valence-electron chi connectivity index (χ0n) is 8.53. The molecule has 80 valence electrons. The van der Waals surface area contributed by atoms with Crippen molar-refractivity contribution >= 4 is 0 Å². The average Bonchev–Trinajstić information content (AvgIpc) is 2.18. The lowest BCUT2D eigenvalue weighted by atomic mass is 10.0. The van der Waals surface area contributed by atoms with Crippen molar-refractivity contribution in [1.82, 2.24) is 0 Å². The third-order valence-electron chi connectivity index (χ3n) is 2.48. The maximum Gasteiger partial charge on any atom is 0.126 e. The quantitative estimate of drug-likeness (QED) is 0.593. The van der Waals surface area contributed by atoms with Crippen LogP contribution in [0.3, 0.4) is 0 Å². The third-order valence-corrected chi connectivity index (χ3v) is 2.48. The zero-order chi connectivity index (χ0) is 10.2. The normalized spacial score (nSPS) is 35.3. The number of allylic oxidation sites excluding steroid dienone is 3. The highest BCUT2D eigenvalue weighted by atomic mass is 19.1. The van der Waals surface area contributed by atoms with Gasteiger partial charge >= 0.3 is 0 Å². The van der Waals surface area contributed by atoms with Gasteiger partial charge in [0.1, 0.15) is 6.17 Å². The average molecular weight is 198 g/mol. The third kappa shape index (κ3) is 4.56. The van der Waals surface area contributed by atoms with Crippen molar-refractivity contribution in [3.05, 3.63) is 24.3 Å². The van der Waals surface area contributed by atoms with Crippen LogP contribution in [0.25, 0.3) is 0 Å². The van der Waals surface area contributed by atoms with Gasteiger partial charge in [0, 0.05) is 0 Å². The first kappa shape index (κ1) is 11.4. The molecule has 1 nitrogen and oxygen atoms in total. The van der Waals surface area contributed by atoms with E-state index in [1.807, 2.05) is 12.2 Å². The minimum absolute atomic E-state index is 0.449. The maximum atomic E-state index is 13.3. The van der Waals surface area contributed by atoms with Gasteiger partial charge in [-0.1, -0.05) is 24.3 Å². The van der Waals surface area contributed by atoms with E-state index in [1.165, 1.54) is 0 Å². The lowest BCUT2D eigenvalue weighted by Crippen LogP contribution is -2.20. The summed E-state index contributed by atoms with van der Waals surface area (Å²) in [6, 6.07) is 0. The van der Waals surface area contributed by atoms with Gasteiger partial charge in [0.2, 0.25) is 0 Å². The number of hydrogen-bond acceptors (Lipinski definition) is 1. The van der Waals surface area contributed by atoms with Gasteiger partial charge in [-0.05, 0) is 38.5 Å². The fourth-order valence-corrected chi connectivity index (χ4v) is 1.55. The molecule has 0 spiro atoms. The lowest BCUT2D eigenvalue weighted by Gasteiger charge is -2.13. The first-order valence-corrected chi connectivity index (χ1v) is 5.43. The highest BCUT2D eigenvalue weighted by Crippen LogP contribution is 2.13. The van der Waals surface area contributed by atoms with E-state index in [0.717, 1.165) is 25.7 Å². The van der Waals surface area contributed by atoms with Crippen molar-refractivity contribution in [2.45, 2.75) is 50.8 Å². The summed E-state index contributed by atoms with van der Waals surface area (Å²) in [7, 11) is 0. The van der Waals surface area contributed by atoms with Crippen LogP contribution in [0.4, 0.5) is 4.39 Å². The van der Waals surface area contributed by atoms with E-state index >= 15 is 0 Å². The lowest BCUT2D eigenvalue weighted by molar-refractivity contribution is 0.0740. The molecular formula is C12H19FO. The Kier molecular flexibility index (Phi) is 5.53. The summed E-state index contributed by atoms with van der Waals surface area (Å²) in [5, 5.41) is 9.42. The topological polar surface area (TPSA) is 20.2 Å². The standard InChI is InChI=1S/C12H19FO/c13-11-9-7-5-3-1-2-4-6-8-10-12(11)14/h1,3,6,8,11-12,14H,2,4-5,7,9-10H2/b3-1+,8-6+. The second-order valence-electron chi connectivity index (χ2n) is 3.77. The first-order valence-electron chi connectivity index (χ1n) is 5.43. The molecule has 0 saturated heterocycles.